The highest BCUT2D eigenvalue weighted by Gasteiger charge is 2.17. The van der Waals surface area contributed by atoms with Crippen LogP contribution in [-0.4, -0.2) is 17.6 Å². The Bertz CT molecular complexity index is 1400. The third kappa shape index (κ3) is 3.32. The molecule has 0 aliphatic carbocycles. The molecule has 0 aliphatic heterocycles. The van der Waals surface area contributed by atoms with Crippen LogP contribution >= 0.6 is 0 Å². The average Bonchev–Trinajstić information content (AvgIpc) is 3.12. The van der Waals surface area contributed by atoms with Crippen LogP contribution in [-0.2, 0) is 6.54 Å². The third-order valence-electron chi connectivity index (χ3n) is 5.67. The molecule has 151 valence electrons. The summed E-state index contributed by atoms with van der Waals surface area (Å²) in [6, 6.07) is 31.5. The minimum atomic E-state index is -0.433. The van der Waals surface area contributed by atoms with Crippen LogP contribution in [0.2, 0.25) is 0 Å². The monoisotopic (exact) mass is 405 g/mol. The maximum Gasteiger partial charge on any atom is 0.249 e. The molecule has 5 rings (SSSR count). The molecule has 0 fully saturated rings. The first-order chi connectivity index (χ1) is 15.2. The van der Waals surface area contributed by atoms with Crippen molar-refractivity contribution in [3.63, 3.8) is 0 Å². The summed E-state index contributed by atoms with van der Waals surface area (Å²) in [4.78, 5) is 12.2. The molecular formula is C27H21N2O2. The van der Waals surface area contributed by atoms with E-state index in [1.165, 1.54) is 5.56 Å². The fourth-order valence-electron chi connectivity index (χ4n) is 4.15. The average molecular weight is 405 g/mol. The van der Waals surface area contributed by atoms with E-state index >= 15 is 0 Å². The quantitative estimate of drug-likeness (QED) is 0.425. The Labute approximate surface area is 180 Å². The minimum Gasteiger partial charge on any atom is -0.497 e. The number of hydrogen-bond donors (Lipinski definition) is 1. The third-order valence-corrected chi connectivity index (χ3v) is 5.67. The van der Waals surface area contributed by atoms with E-state index in [4.69, 9.17) is 10.5 Å². The summed E-state index contributed by atoms with van der Waals surface area (Å²) in [6.45, 7) is 0.683. The molecule has 2 N–H and O–H groups in total. The van der Waals surface area contributed by atoms with E-state index in [1.54, 1.807) is 13.2 Å². The molecule has 0 spiro atoms. The van der Waals surface area contributed by atoms with E-state index in [1.807, 2.05) is 60.7 Å². The lowest BCUT2D eigenvalue weighted by Crippen LogP contribution is -2.11. The standard InChI is InChI=1S/C27H21N2O2/c1-31-21-13-10-19(11-14-21)20-12-15-22-25(16-20)29(17-18-6-3-2-4-7-18)24-9-5-8-23(26(22)24)27(28)30/h2-14,16H,17H2,1H3,(H2,28,30). The minimum absolute atomic E-state index is 0.433. The van der Waals surface area contributed by atoms with Gasteiger partial charge in [0.25, 0.3) is 0 Å². The van der Waals surface area contributed by atoms with E-state index in [0.29, 0.717) is 12.1 Å². The molecule has 1 radical (unpaired) electrons. The summed E-state index contributed by atoms with van der Waals surface area (Å²) in [7, 11) is 1.66. The van der Waals surface area contributed by atoms with Gasteiger partial charge in [-0.3, -0.25) is 4.79 Å². The molecule has 1 aromatic heterocycles. The first-order valence-electron chi connectivity index (χ1n) is 10.1. The summed E-state index contributed by atoms with van der Waals surface area (Å²) in [5, 5.41) is 1.75. The van der Waals surface area contributed by atoms with Gasteiger partial charge in [-0.05, 0) is 59.2 Å². The molecule has 0 bridgehead atoms. The first kappa shape index (κ1) is 18.9. The summed E-state index contributed by atoms with van der Waals surface area (Å²) >= 11 is 0. The number of carbonyl (C=O) groups is 1. The van der Waals surface area contributed by atoms with Crippen molar-refractivity contribution in [3.05, 3.63) is 102 Å². The van der Waals surface area contributed by atoms with Crippen molar-refractivity contribution in [1.29, 1.82) is 0 Å². The van der Waals surface area contributed by atoms with Gasteiger partial charge >= 0.3 is 0 Å². The summed E-state index contributed by atoms with van der Waals surface area (Å²) in [5.74, 6) is 0.384. The molecule has 4 heteroatoms. The normalized spacial score (nSPS) is 11.1. The lowest BCUT2D eigenvalue weighted by molar-refractivity contribution is 0.100. The Morgan fingerprint density at radius 1 is 0.935 bits per heavy atom. The summed E-state index contributed by atoms with van der Waals surface area (Å²) < 4.78 is 7.51. The van der Waals surface area contributed by atoms with Gasteiger partial charge in [-0.25, -0.2) is 0 Å². The molecule has 0 atom stereocenters. The van der Waals surface area contributed by atoms with Crippen LogP contribution in [0.3, 0.4) is 0 Å². The number of hydrogen-bond acceptors (Lipinski definition) is 2. The molecular weight excluding hydrogens is 384 g/mol. The van der Waals surface area contributed by atoms with Crippen molar-refractivity contribution in [2.45, 2.75) is 6.54 Å². The number of aromatic nitrogens is 1. The Balaban J connectivity index is 1.77. The van der Waals surface area contributed by atoms with E-state index < -0.39 is 5.91 Å². The Morgan fingerprint density at radius 3 is 2.42 bits per heavy atom. The van der Waals surface area contributed by atoms with Crippen molar-refractivity contribution in [2.75, 3.05) is 7.11 Å². The predicted octanol–water partition coefficient (Wildman–Crippen LogP) is 5.42. The van der Waals surface area contributed by atoms with Crippen LogP contribution in [0.4, 0.5) is 0 Å². The van der Waals surface area contributed by atoms with Gasteiger partial charge in [0, 0.05) is 22.9 Å². The Morgan fingerprint density at radius 2 is 1.71 bits per heavy atom. The number of amides is 1. The second-order valence-electron chi connectivity index (χ2n) is 7.51. The summed E-state index contributed by atoms with van der Waals surface area (Å²) in [6.07, 6.45) is 0. The fraction of sp³-hybridized carbons (Fsp3) is 0.0741. The van der Waals surface area contributed by atoms with Crippen LogP contribution in [0, 0.1) is 6.07 Å². The number of nitrogens with zero attached hydrogens (tertiary/aromatic N) is 1. The zero-order chi connectivity index (χ0) is 21.4. The van der Waals surface area contributed by atoms with E-state index in [9.17, 15) is 4.79 Å². The van der Waals surface area contributed by atoms with Crippen LogP contribution in [0.25, 0.3) is 32.9 Å². The molecule has 31 heavy (non-hydrogen) atoms. The van der Waals surface area contributed by atoms with Crippen molar-refractivity contribution in [2.24, 2.45) is 5.73 Å². The molecule has 0 saturated carbocycles. The smallest absolute Gasteiger partial charge is 0.249 e. The molecule has 0 saturated heterocycles. The van der Waals surface area contributed by atoms with Crippen molar-refractivity contribution in [3.8, 4) is 16.9 Å². The van der Waals surface area contributed by atoms with Crippen LogP contribution in [0.15, 0.2) is 84.9 Å². The molecule has 4 aromatic carbocycles. The first-order valence-corrected chi connectivity index (χ1v) is 10.1. The van der Waals surface area contributed by atoms with E-state index in [-0.39, 0.29) is 0 Å². The van der Waals surface area contributed by atoms with Gasteiger partial charge < -0.3 is 15.0 Å². The Hall–Kier alpha value is -4.05. The van der Waals surface area contributed by atoms with E-state index in [2.05, 4.69) is 28.8 Å². The zero-order valence-electron chi connectivity index (χ0n) is 17.1. The number of ether oxygens (including phenoxy) is 1. The van der Waals surface area contributed by atoms with Gasteiger partial charge in [-0.1, -0.05) is 48.5 Å². The predicted molar refractivity (Wildman–Crippen MR) is 124 cm³/mol. The Kier molecular flexibility index (Phi) is 4.68. The second kappa shape index (κ2) is 7.65. The maximum atomic E-state index is 12.2. The molecule has 5 aromatic rings. The molecule has 1 amide bonds. The largest absolute Gasteiger partial charge is 0.497 e. The lowest BCUT2D eigenvalue weighted by Gasteiger charge is -2.09. The second-order valence-corrected chi connectivity index (χ2v) is 7.51. The van der Waals surface area contributed by atoms with Crippen molar-refractivity contribution < 1.29 is 9.53 Å². The summed E-state index contributed by atoms with van der Waals surface area (Å²) in [5.41, 5.74) is 11.5. The van der Waals surface area contributed by atoms with Crippen molar-refractivity contribution >= 4 is 27.7 Å². The van der Waals surface area contributed by atoms with Crippen LogP contribution in [0.5, 0.6) is 5.75 Å². The highest BCUT2D eigenvalue weighted by Crippen LogP contribution is 2.35. The van der Waals surface area contributed by atoms with Gasteiger partial charge in [-0.15, -0.1) is 0 Å². The van der Waals surface area contributed by atoms with Crippen LogP contribution in [0.1, 0.15) is 15.9 Å². The van der Waals surface area contributed by atoms with Gasteiger partial charge in [0.05, 0.1) is 18.1 Å². The number of nitrogens with two attached hydrogens (primary N) is 1. The number of primary amides is 1. The molecule has 1 heterocycles. The highest BCUT2D eigenvalue weighted by atomic mass is 16.5. The van der Waals surface area contributed by atoms with E-state index in [0.717, 1.165) is 38.7 Å². The highest BCUT2D eigenvalue weighted by molar-refractivity contribution is 6.18. The number of methoxy groups -OCH3 is 1. The molecule has 4 nitrogen and oxygen atoms in total. The van der Waals surface area contributed by atoms with Gasteiger partial charge in [0.2, 0.25) is 5.91 Å². The molecule has 0 aliphatic rings. The zero-order valence-corrected chi connectivity index (χ0v) is 17.1. The number of carbonyl (C=O) groups excluding carboxylic acids is 1. The SMILES string of the molecule is COc1ccc(-c2c[c]c3c4c(C(N)=O)cccc4n(Cc4ccccc4)c3c2)cc1. The number of benzene rings is 4. The number of rotatable bonds is 5. The van der Waals surface area contributed by atoms with Gasteiger partial charge in [0.15, 0.2) is 0 Å². The van der Waals surface area contributed by atoms with Gasteiger partial charge in [0.1, 0.15) is 5.75 Å². The van der Waals surface area contributed by atoms with Gasteiger partial charge in [-0.2, -0.15) is 0 Å². The van der Waals surface area contributed by atoms with Crippen molar-refractivity contribution in [1.82, 2.24) is 4.57 Å². The lowest BCUT2D eigenvalue weighted by atomic mass is 10.0. The van der Waals surface area contributed by atoms with Crippen LogP contribution < -0.4 is 10.5 Å². The fourth-order valence-corrected chi connectivity index (χ4v) is 4.15. The number of fused-ring (bicyclic) bond motifs is 3. The topological polar surface area (TPSA) is 57.2 Å². The maximum absolute atomic E-state index is 12.2. The molecule has 0 unspecified atom stereocenters.